The molecule has 0 spiro atoms. The molecule has 0 aliphatic carbocycles. The summed E-state index contributed by atoms with van der Waals surface area (Å²) in [5.74, 6) is 0.222. The first-order chi connectivity index (χ1) is 9.99. The second kappa shape index (κ2) is 6.25. The van der Waals surface area contributed by atoms with Crippen molar-refractivity contribution in [3.63, 3.8) is 0 Å². The molecular weight excluding hydrogens is 262 g/mol. The molecule has 0 radical (unpaired) electrons. The van der Waals surface area contributed by atoms with Gasteiger partial charge in [-0.1, -0.05) is 25.1 Å². The lowest BCUT2D eigenvalue weighted by molar-refractivity contribution is -0.123. The van der Waals surface area contributed by atoms with Crippen LogP contribution in [0.4, 0.5) is 5.69 Å². The zero-order valence-corrected chi connectivity index (χ0v) is 13.1. The van der Waals surface area contributed by atoms with E-state index in [1.165, 1.54) is 0 Å². The van der Waals surface area contributed by atoms with Gasteiger partial charge < -0.3 is 4.90 Å². The van der Waals surface area contributed by atoms with Gasteiger partial charge in [-0.2, -0.15) is 0 Å². The molecule has 3 nitrogen and oxygen atoms in total. The molecule has 112 valence electrons. The number of nitrogens with zero attached hydrogens (tertiary/aromatic N) is 1. The Hall–Kier alpha value is -1.90. The summed E-state index contributed by atoms with van der Waals surface area (Å²) in [6.45, 7) is 6.32. The molecule has 0 N–H and O–H groups in total. The molecule has 1 atom stereocenters. The Morgan fingerprint density at radius 3 is 2.52 bits per heavy atom. The largest absolute Gasteiger partial charge is 0.344 e. The van der Waals surface area contributed by atoms with Crippen LogP contribution in [0.25, 0.3) is 0 Å². The van der Waals surface area contributed by atoms with Gasteiger partial charge in [-0.15, -0.1) is 0 Å². The van der Waals surface area contributed by atoms with Crippen LogP contribution in [-0.4, -0.2) is 18.1 Å². The highest BCUT2D eigenvalue weighted by atomic mass is 16.1. The summed E-state index contributed by atoms with van der Waals surface area (Å²) in [7, 11) is 0. The van der Waals surface area contributed by atoms with Gasteiger partial charge in [-0.3, -0.25) is 9.59 Å². The van der Waals surface area contributed by atoms with Crippen LogP contribution in [0.1, 0.15) is 40.0 Å². The third-order valence-corrected chi connectivity index (χ3v) is 4.33. The van der Waals surface area contributed by atoms with Gasteiger partial charge in [0.25, 0.3) is 0 Å². The minimum absolute atomic E-state index is 0.0998. The van der Waals surface area contributed by atoms with Crippen LogP contribution >= 0.6 is 0 Å². The number of Topliss-reactive ketones (excluding diaryl/α,β-unsaturated/α-hetero) is 1. The van der Waals surface area contributed by atoms with Crippen molar-refractivity contribution in [2.45, 2.75) is 40.0 Å². The predicted molar refractivity (Wildman–Crippen MR) is 85.2 cm³/mol. The number of para-hydroxylation sites is 1. The van der Waals surface area contributed by atoms with E-state index >= 15 is 0 Å². The topological polar surface area (TPSA) is 37.4 Å². The first-order valence-electron chi connectivity index (χ1n) is 7.57. The number of allylic oxidation sites excluding steroid dienone is 2. The number of ketones is 2. The maximum atomic E-state index is 12.1. The van der Waals surface area contributed by atoms with Crippen molar-refractivity contribution < 1.29 is 9.59 Å². The first-order valence-corrected chi connectivity index (χ1v) is 7.57. The summed E-state index contributed by atoms with van der Waals surface area (Å²) in [5, 5.41) is 0. The summed E-state index contributed by atoms with van der Waals surface area (Å²) >= 11 is 0. The van der Waals surface area contributed by atoms with Crippen LogP contribution in [0, 0.1) is 5.41 Å². The van der Waals surface area contributed by atoms with Crippen molar-refractivity contribution in [1.29, 1.82) is 0 Å². The summed E-state index contributed by atoms with van der Waals surface area (Å²) in [6, 6.07) is 9.96. The SMILES string of the molecule is CCCC(=O)/C=C1/N(c2ccccc2)CCC1(C)C(C)=O. The average molecular weight is 285 g/mol. The Morgan fingerprint density at radius 2 is 1.95 bits per heavy atom. The van der Waals surface area contributed by atoms with Gasteiger partial charge in [0, 0.05) is 30.4 Å². The fourth-order valence-corrected chi connectivity index (χ4v) is 2.82. The minimum Gasteiger partial charge on any atom is -0.344 e. The van der Waals surface area contributed by atoms with Crippen LogP contribution in [0.2, 0.25) is 0 Å². The number of rotatable bonds is 5. The quantitative estimate of drug-likeness (QED) is 0.773. The van der Waals surface area contributed by atoms with Crippen molar-refractivity contribution in [1.82, 2.24) is 0 Å². The van der Waals surface area contributed by atoms with E-state index in [4.69, 9.17) is 0 Å². The molecule has 1 fully saturated rings. The maximum Gasteiger partial charge on any atom is 0.157 e. The van der Waals surface area contributed by atoms with Crippen LogP contribution in [0.15, 0.2) is 42.1 Å². The Labute approximate surface area is 126 Å². The monoisotopic (exact) mass is 285 g/mol. The van der Waals surface area contributed by atoms with Crippen LogP contribution in [0.5, 0.6) is 0 Å². The average Bonchev–Trinajstić information content (AvgIpc) is 2.79. The highest BCUT2D eigenvalue weighted by Crippen LogP contribution is 2.43. The molecule has 1 unspecified atom stereocenters. The van der Waals surface area contributed by atoms with Crippen molar-refractivity contribution in [3.05, 3.63) is 42.1 Å². The van der Waals surface area contributed by atoms with Gasteiger partial charge >= 0.3 is 0 Å². The summed E-state index contributed by atoms with van der Waals surface area (Å²) in [5.41, 5.74) is 1.33. The Bertz CT molecular complexity index is 562. The Morgan fingerprint density at radius 1 is 1.29 bits per heavy atom. The lowest BCUT2D eigenvalue weighted by atomic mass is 9.82. The molecular formula is C18H23NO2. The first kappa shape index (κ1) is 15.5. The minimum atomic E-state index is -0.556. The fourth-order valence-electron chi connectivity index (χ4n) is 2.82. The van der Waals surface area contributed by atoms with Crippen molar-refractivity contribution >= 4 is 17.3 Å². The Balaban J connectivity index is 2.42. The summed E-state index contributed by atoms with van der Waals surface area (Å²) in [4.78, 5) is 26.3. The van der Waals surface area contributed by atoms with E-state index in [0.717, 1.165) is 30.8 Å². The number of benzene rings is 1. The predicted octanol–water partition coefficient (Wildman–Crippen LogP) is 3.75. The highest BCUT2D eigenvalue weighted by molar-refractivity contribution is 5.95. The van der Waals surface area contributed by atoms with Crippen molar-refractivity contribution in [2.75, 3.05) is 11.4 Å². The molecule has 21 heavy (non-hydrogen) atoms. The molecule has 0 aromatic heterocycles. The van der Waals surface area contributed by atoms with E-state index in [0.29, 0.717) is 6.42 Å². The molecule has 1 aromatic rings. The fraction of sp³-hybridized carbons (Fsp3) is 0.444. The number of hydrogen-bond acceptors (Lipinski definition) is 3. The van der Waals surface area contributed by atoms with Gasteiger partial charge in [0.15, 0.2) is 5.78 Å². The lowest BCUT2D eigenvalue weighted by Gasteiger charge is -2.27. The molecule has 0 amide bonds. The zero-order valence-electron chi connectivity index (χ0n) is 13.1. The van der Waals surface area contributed by atoms with Gasteiger partial charge in [0.1, 0.15) is 5.78 Å². The van der Waals surface area contributed by atoms with E-state index < -0.39 is 5.41 Å². The van der Waals surface area contributed by atoms with Gasteiger partial charge in [-0.25, -0.2) is 0 Å². The molecule has 1 aliphatic heterocycles. The van der Waals surface area contributed by atoms with Crippen LogP contribution in [-0.2, 0) is 9.59 Å². The standard InChI is InChI=1S/C18H23NO2/c1-4-8-16(21)13-17-18(3,14(2)20)11-12-19(17)15-9-6-5-7-10-15/h5-7,9-10,13H,4,8,11-12H2,1-3H3/b17-13+. The molecule has 1 heterocycles. The van der Waals surface area contributed by atoms with E-state index in [1.54, 1.807) is 13.0 Å². The maximum absolute atomic E-state index is 12.1. The summed E-state index contributed by atoms with van der Waals surface area (Å²) < 4.78 is 0. The third-order valence-electron chi connectivity index (χ3n) is 4.33. The van der Waals surface area contributed by atoms with Crippen molar-refractivity contribution in [2.24, 2.45) is 5.41 Å². The van der Waals surface area contributed by atoms with Gasteiger partial charge in [0.05, 0.1) is 5.41 Å². The highest BCUT2D eigenvalue weighted by Gasteiger charge is 2.43. The van der Waals surface area contributed by atoms with E-state index in [1.807, 2.05) is 44.2 Å². The molecule has 2 rings (SSSR count). The molecule has 1 saturated heterocycles. The summed E-state index contributed by atoms with van der Waals surface area (Å²) in [6.07, 6.45) is 3.79. The molecule has 0 bridgehead atoms. The number of anilines is 1. The second-order valence-electron chi connectivity index (χ2n) is 5.87. The van der Waals surface area contributed by atoms with E-state index in [9.17, 15) is 9.59 Å². The smallest absolute Gasteiger partial charge is 0.157 e. The van der Waals surface area contributed by atoms with E-state index in [2.05, 4.69) is 4.90 Å². The van der Waals surface area contributed by atoms with Gasteiger partial charge in [-0.05, 0) is 38.8 Å². The zero-order chi connectivity index (χ0) is 15.5. The van der Waals surface area contributed by atoms with Crippen LogP contribution in [0.3, 0.4) is 0 Å². The van der Waals surface area contributed by atoms with Crippen LogP contribution < -0.4 is 4.90 Å². The molecule has 1 aliphatic rings. The normalized spacial score (nSPS) is 23.6. The molecule has 3 heteroatoms. The molecule has 1 aromatic carbocycles. The number of carbonyl (C=O) groups excluding carboxylic acids is 2. The second-order valence-corrected chi connectivity index (χ2v) is 5.87. The Kier molecular flexibility index (Phi) is 4.61. The van der Waals surface area contributed by atoms with Crippen molar-refractivity contribution in [3.8, 4) is 0 Å². The van der Waals surface area contributed by atoms with Gasteiger partial charge in [0.2, 0.25) is 0 Å². The number of carbonyl (C=O) groups is 2. The van der Waals surface area contributed by atoms with E-state index in [-0.39, 0.29) is 11.6 Å². The molecule has 0 saturated carbocycles. The lowest BCUT2D eigenvalue weighted by Crippen LogP contribution is -2.29. The number of hydrogen-bond donors (Lipinski definition) is 0. The third kappa shape index (κ3) is 3.07.